The van der Waals surface area contributed by atoms with Gasteiger partial charge in [-0.15, -0.1) is 0 Å². The SMILES string of the molecule is Cc1cccc(NCc2ncon2)c1N. The Bertz CT molecular complexity index is 439. The number of nitrogens with one attached hydrogen (secondary N) is 1. The Hall–Kier alpha value is -2.04. The molecule has 0 aliphatic heterocycles. The van der Waals surface area contributed by atoms with Crippen molar-refractivity contribution in [2.75, 3.05) is 11.1 Å². The van der Waals surface area contributed by atoms with E-state index >= 15 is 0 Å². The summed E-state index contributed by atoms with van der Waals surface area (Å²) in [5.41, 5.74) is 8.58. The molecule has 0 unspecified atom stereocenters. The molecular formula is C10H12N4O. The average molecular weight is 204 g/mol. The molecule has 2 aromatic rings. The van der Waals surface area contributed by atoms with Crippen molar-refractivity contribution in [1.29, 1.82) is 0 Å². The number of hydrogen-bond donors (Lipinski definition) is 2. The van der Waals surface area contributed by atoms with Crippen molar-refractivity contribution in [1.82, 2.24) is 10.1 Å². The molecule has 0 saturated carbocycles. The fraction of sp³-hybridized carbons (Fsp3) is 0.200. The van der Waals surface area contributed by atoms with Crippen molar-refractivity contribution in [2.24, 2.45) is 0 Å². The summed E-state index contributed by atoms with van der Waals surface area (Å²) in [7, 11) is 0. The molecule has 0 atom stereocenters. The van der Waals surface area contributed by atoms with Crippen LogP contribution in [0.1, 0.15) is 11.4 Å². The van der Waals surface area contributed by atoms with Gasteiger partial charge in [0.2, 0.25) is 6.39 Å². The quantitative estimate of drug-likeness (QED) is 0.742. The smallest absolute Gasteiger partial charge is 0.213 e. The Labute approximate surface area is 87.3 Å². The zero-order chi connectivity index (χ0) is 10.7. The molecule has 0 aliphatic carbocycles. The molecule has 3 N–H and O–H groups in total. The van der Waals surface area contributed by atoms with Gasteiger partial charge in [-0.3, -0.25) is 0 Å². The molecule has 1 aromatic heterocycles. The van der Waals surface area contributed by atoms with Gasteiger partial charge in [-0.2, -0.15) is 4.98 Å². The monoisotopic (exact) mass is 204 g/mol. The highest BCUT2D eigenvalue weighted by Crippen LogP contribution is 2.21. The number of hydrogen-bond acceptors (Lipinski definition) is 5. The molecule has 0 aliphatic rings. The van der Waals surface area contributed by atoms with Crippen LogP contribution in [0.4, 0.5) is 11.4 Å². The molecule has 1 aromatic carbocycles. The van der Waals surface area contributed by atoms with E-state index in [4.69, 9.17) is 5.73 Å². The second-order valence-corrected chi connectivity index (χ2v) is 3.24. The Morgan fingerprint density at radius 2 is 2.33 bits per heavy atom. The van der Waals surface area contributed by atoms with Crippen molar-refractivity contribution in [2.45, 2.75) is 13.5 Å². The molecule has 0 bridgehead atoms. The average Bonchev–Trinajstić information content (AvgIpc) is 2.73. The summed E-state index contributed by atoms with van der Waals surface area (Å²) in [6.45, 7) is 2.47. The van der Waals surface area contributed by atoms with E-state index in [-0.39, 0.29) is 0 Å². The van der Waals surface area contributed by atoms with E-state index in [1.54, 1.807) is 0 Å². The molecule has 2 rings (SSSR count). The van der Waals surface area contributed by atoms with Gasteiger partial charge in [0.15, 0.2) is 5.82 Å². The van der Waals surface area contributed by atoms with Crippen LogP contribution >= 0.6 is 0 Å². The van der Waals surface area contributed by atoms with E-state index in [0.717, 1.165) is 16.9 Å². The van der Waals surface area contributed by atoms with Gasteiger partial charge in [-0.1, -0.05) is 17.3 Å². The molecule has 0 saturated heterocycles. The second kappa shape index (κ2) is 4.00. The first-order valence-corrected chi connectivity index (χ1v) is 4.61. The molecule has 0 amide bonds. The number of aryl methyl sites for hydroxylation is 1. The van der Waals surface area contributed by atoms with Crippen LogP contribution in [0.2, 0.25) is 0 Å². The van der Waals surface area contributed by atoms with Crippen LogP contribution in [-0.2, 0) is 6.54 Å². The summed E-state index contributed by atoms with van der Waals surface area (Å²) in [5.74, 6) is 0.607. The highest BCUT2D eigenvalue weighted by atomic mass is 16.5. The summed E-state index contributed by atoms with van der Waals surface area (Å²) < 4.78 is 4.62. The van der Waals surface area contributed by atoms with Gasteiger partial charge in [0, 0.05) is 0 Å². The van der Waals surface area contributed by atoms with E-state index in [9.17, 15) is 0 Å². The maximum absolute atomic E-state index is 5.90. The van der Waals surface area contributed by atoms with Crippen LogP contribution in [0.5, 0.6) is 0 Å². The van der Waals surface area contributed by atoms with E-state index in [2.05, 4.69) is 20.0 Å². The molecular weight excluding hydrogens is 192 g/mol. The third-order valence-electron chi connectivity index (χ3n) is 2.17. The summed E-state index contributed by atoms with van der Waals surface area (Å²) >= 11 is 0. The van der Waals surface area contributed by atoms with Crippen LogP contribution in [0, 0.1) is 6.92 Å². The van der Waals surface area contributed by atoms with Gasteiger partial charge in [0.1, 0.15) is 0 Å². The fourth-order valence-electron chi connectivity index (χ4n) is 1.28. The van der Waals surface area contributed by atoms with E-state index < -0.39 is 0 Å². The van der Waals surface area contributed by atoms with Crippen LogP contribution < -0.4 is 11.1 Å². The highest BCUT2D eigenvalue weighted by molar-refractivity contribution is 5.69. The minimum absolute atomic E-state index is 0.504. The van der Waals surface area contributed by atoms with E-state index in [1.165, 1.54) is 6.39 Å². The predicted molar refractivity (Wildman–Crippen MR) is 57.2 cm³/mol. The molecule has 0 spiro atoms. The predicted octanol–water partition coefficient (Wildman–Crippen LogP) is 1.57. The first kappa shape index (κ1) is 9.51. The van der Waals surface area contributed by atoms with Gasteiger partial charge < -0.3 is 15.6 Å². The lowest BCUT2D eigenvalue weighted by Gasteiger charge is -2.08. The maximum Gasteiger partial charge on any atom is 0.213 e. The van der Waals surface area contributed by atoms with Gasteiger partial charge in [-0.25, -0.2) is 0 Å². The Morgan fingerprint density at radius 3 is 3.07 bits per heavy atom. The van der Waals surface area contributed by atoms with Crippen molar-refractivity contribution in [3.8, 4) is 0 Å². The number of para-hydroxylation sites is 1. The molecule has 78 valence electrons. The summed E-state index contributed by atoms with van der Waals surface area (Å²) in [5, 5.41) is 6.84. The normalized spacial score (nSPS) is 10.2. The third-order valence-corrected chi connectivity index (χ3v) is 2.17. The highest BCUT2D eigenvalue weighted by Gasteiger charge is 2.02. The molecule has 0 fully saturated rings. The zero-order valence-electron chi connectivity index (χ0n) is 8.40. The van der Waals surface area contributed by atoms with Gasteiger partial charge in [0.05, 0.1) is 17.9 Å². The van der Waals surface area contributed by atoms with E-state index in [1.807, 2.05) is 25.1 Å². The lowest BCUT2D eigenvalue weighted by molar-refractivity contribution is 0.411. The zero-order valence-corrected chi connectivity index (χ0v) is 8.40. The first-order valence-electron chi connectivity index (χ1n) is 4.61. The standard InChI is InChI=1S/C10H12N4O/c1-7-3-2-4-8(10(7)11)12-5-9-13-6-15-14-9/h2-4,6,12H,5,11H2,1H3. The maximum atomic E-state index is 5.90. The largest absolute Gasteiger partial charge is 0.397 e. The molecule has 0 radical (unpaired) electrons. The van der Waals surface area contributed by atoms with Crippen LogP contribution in [0.25, 0.3) is 0 Å². The number of benzene rings is 1. The minimum atomic E-state index is 0.504. The third kappa shape index (κ3) is 2.07. The van der Waals surface area contributed by atoms with Crippen molar-refractivity contribution < 1.29 is 4.52 Å². The Kier molecular flexibility index (Phi) is 2.53. The second-order valence-electron chi connectivity index (χ2n) is 3.24. The topological polar surface area (TPSA) is 77.0 Å². The fourth-order valence-corrected chi connectivity index (χ4v) is 1.28. The molecule has 5 nitrogen and oxygen atoms in total. The summed E-state index contributed by atoms with van der Waals surface area (Å²) in [6, 6.07) is 5.83. The Morgan fingerprint density at radius 1 is 1.47 bits per heavy atom. The van der Waals surface area contributed by atoms with Crippen molar-refractivity contribution >= 4 is 11.4 Å². The lowest BCUT2D eigenvalue weighted by Crippen LogP contribution is -2.04. The molecule has 15 heavy (non-hydrogen) atoms. The van der Waals surface area contributed by atoms with Crippen LogP contribution in [0.3, 0.4) is 0 Å². The lowest BCUT2D eigenvalue weighted by atomic mass is 10.2. The van der Waals surface area contributed by atoms with Gasteiger partial charge >= 0.3 is 0 Å². The summed E-state index contributed by atoms with van der Waals surface area (Å²) in [4.78, 5) is 3.90. The number of anilines is 2. The van der Waals surface area contributed by atoms with Crippen LogP contribution in [-0.4, -0.2) is 10.1 Å². The number of nitrogens with two attached hydrogens (primary N) is 1. The van der Waals surface area contributed by atoms with E-state index in [0.29, 0.717) is 12.4 Å². The van der Waals surface area contributed by atoms with Crippen LogP contribution in [0.15, 0.2) is 29.1 Å². The minimum Gasteiger partial charge on any atom is -0.397 e. The molecule has 1 heterocycles. The number of aromatic nitrogens is 2. The summed E-state index contributed by atoms with van der Waals surface area (Å²) in [6.07, 6.45) is 1.30. The number of rotatable bonds is 3. The van der Waals surface area contributed by atoms with Crippen molar-refractivity contribution in [3.05, 3.63) is 36.0 Å². The van der Waals surface area contributed by atoms with Gasteiger partial charge in [0.25, 0.3) is 0 Å². The van der Waals surface area contributed by atoms with Crippen molar-refractivity contribution in [3.63, 3.8) is 0 Å². The number of nitrogens with zero attached hydrogens (tertiary/aromatic N) is 2. The number of nitrogen functional groups attached to an aromatic ring is 1. The Balaban J connectivity index is 2.08. The molecule has 5 heteroatoms. The first-order chi connectivity index (χ1) is 7.27. The van der Waals surface area contributed by atoms with Gasteiger partial charge in [-0.05, 0) is 18.6 Å².